The standard InChI is InChI=1S/C8H10F4O6S/c1-5(2)6(13)18-4-17-3-7(9,10)8(11,12)19(14,15)16/h1,3-4H2,2H3,(H,14,15,16). The molecule has 112 valence electrons. The maximum absolute atomic E-state index is 12.8. The summed E-state index contributed by atoms with van der Waals surface area (Å²) in [6.45, 7) is 1.19. The molecule has 0 unspecified atom stereocenters. The normalized spacial score (nSPS) is 13.2. The van der Waals surface area contributed by atoms with Crippen LogP contribution in [-0.4, -0.2) is 43.5 Å². The molecule has 0 amide bonds. The second-order valence-corrected chi connectivity index (χ2v) is 4.84. The van der Waals surface area contributed by atoms with Gasteiger partial charge in [-0.3, -0.25) is 4.55 Å². The molecule has 0 aliphatic rings. The van der Waals surface area contributed by atoms with Crippen molar-refractivity contribution in [2.24, 2.45) is 0 Å². The highest BCUT2D eigenvalue weighted by molar-refractivity contribution is 7.87. The minimum atomic E-state index is -6.31. The summed E-state index contributed by atoms with van der Waals surface area (Å²) in [4.78, 5) is 10.8. The predicted octanol–water partition coefficient (Wildman–Crippen LogP) is 1.20. The molecule has 0 radical (unpaired) electrons. The van der Waals surface area contributed by atoms with Crippen molar-refractivity contribution >= 4 is 16.1 Å². The number of halogens is 4. The molecule has 1 N–H and O–H groups in total. The Morgan fingerprint density at radius 2 is 1.79 bits per heavy atom. The summed E-state index contributed by atoms with van der Waals surface area (Å²) in [5, 5.41) is -5.72. The van der Waals surface area contributed by atoms with E-state index in [2.05, 4.69) is 16.1 Å². The highest BCUT2D eigenvalue weighted by Gasteiger charge is 2.65. The van der Waals surface area contributed by atoms with Gasteiger partial charge in [-0.05, 0) is 6.92 Å². The molecule has 0 spiro atoms. The minimum absolute atomic E-state index is 0.0846. The third kappa shape index (κ3) is 4.44. The van der Waals surface area contributed by atoms with Crippen molar-refractivity contribution in [3.63, 3.8) is 0 Å². The van der Waals surface area contributed by atoms with Crippen LogP contribution in [0.1, 0.15) is 6.92 Å². The fraction of sp³-hybridized carbons (Fsp3) is 0.625. The summed E-state index contributed by atoms with van der Waals surface area (Å²) in [5.41, 5.74) is -0.0846. The number of esters is 1. The van der Waals surface area contributed by atoms with Crippen LogP contribution in [0.3, 0.4) is 0 Å². The third-order valence-corrected chi connectivity index (χ3v) is 2.60. The van der Waals surface area contributed by atoms with E-state index in [1.807, 2.05) is 0 Å². The lowest BCUT2D eigenvalue weighted by Crippen LogP contribution is -2.49. The van der Waals surface area contributed by atoms with Crippen molar-refractivity contribution in [2.75, 3.05) is 13.4 Å². The molecular weight excluding hydrogens is 300 g/mol. The summed E-state index contributed by atoms with van der Waals surface area (Å²) < 4.78 is 87.1. The lowest BCUT2D eigenvalue weighted by molar-refractivity contribution is -0.207. The minimum Gasteiger partial charge on any atom is -0.435 e. The summed E-state index contributed by atoms with van der Waals surface area (Å²) in [5.74, 6) is -6.21. The zero-order valence-corrected chi connectivity index (χ0v) is 10.3. The maximum atomic E-state index is 12.8. The number of hydrogen-bond acceptors (Lipinski definition) is 5. The van der Waals surface area contributed by atoms with Crippen LogP contribution in [0.25, 0.3) is 0 Å². The van der Waals surface area contributed by atoms with Gasteiger partial charge in [0.25, 0.3) is 0 Å². The Hall–Kier alpha value is -1.20. The summed E-state index contributed by atoms with van der Waals surface area (Å²) in [6.07, 6.45) is 0. The summed E-state index contributed by atoms with van der Waals surface area (Å²) >= 11 is 0. The van der Waals surface area contributed by atoms with Gasteiger partial charge in [-0.1, -0.05) is 6.58 Å². The quantitative estimate of drug-likeness (QED) is 0.190. The van der Waals surface area contributed by atoms with Crippen molar-refractivity contribution in [3.05, 3.63) is 12.2 Å². The fourth-order valence-corrected chi connectivity index (χ4v) is 1.10. The monoisotopic (exact) mass is 310 g/mol. The molecule has 0 saturated heterocycles. The van der Waals surface area contributed by atoms with Crippen molar-refractivity contribution < 1.29 is 44.8 Å². The highest BCUT2D eigenvalue weighted by Crippen LogP contribution is 2.38. The molecule has 0 saturated carbocycles. The average Bonchev–Trinajstić information content (AvgIpc) is 2.21. The largest absolute Gasteiger partial charge is 0.435 e. The number of carbonyl (C=O) groups excluding carboxylic acids is 1. The first-order valence-corrected chi connectivity index (χ1v) is 5.90. The van der Waals surface area contributed by atoms with Crippen LogP contribution in [0.5, 0.6) is 0 Å². The Morgan fingerprint density at radius 1 is 1.32 bits per heavy atom. The van der Waals surface area contributed by atoms with Gasteiger partial charge in [0.2, 0.25) is 0 Å². The van der Waals surface area contributed by atoms with Gasteiger partial charge in [0.15, 0.2) is 6.79 Å². The van der Waals surface area contributed by atoms with Gasteiger partial charge in [-0.2, -0.15) is 26.0 Å². The Kier molecular flexibility index (Phi) is 5.47. The Labute approximate surface area is 105 Å². The summed E-state index contributed by atoms with van der Waals surface area (Å²) in [6, 6.07) is 0. The van der Waals surface area contributed by atoms with Crippen LogP contribution in [0, 0.1) is 0 Å². The molecule has 0 atom stereocenters. The summed E-state index contributed by atoms with van der Waals surface area (Å²) in [7, 11) is -6.31. The van der Waals surface area contributed by atoms with E-state index in [1.54, 1.807) is 0 Å². The molecule has 0 fully saturated rings. The highest BCUT2D eigenvalue weighted by atomic mass is 32.2. The Morgan fingerprint density at radius 3 is 2.16 bits per heavy atom. The van der Waals surface area contributed by atoms with E-state index in [0.717, 1.165) is 0 Å². The van der Waals surface area contributed by atoms with Crippen LogP contribution in [0.4, 0.5) is 17.6 Å². The lowest BCUT2D eigenvalue weighted by Gasteiger charge is -2.23. The number of hydrogen-bond donors (Lipinski definition) is 1. The van der Waals surface area contributed by atoms with Gasteiger partial charge in [-0.15, -0.1) is 0 Å². The van der Waals surface area contributed by atoms with Crippen LogP contribution in [0.15, 0.2) is 12.2 Å². The average molecular weight is 310 g/mol. The number of rotatable bonds is 7. The zero-order chi connectivity index (χ0) is 15.5. The van der Waals surface area contributed by atoms with E-state index in [4.69, 9.17) is 4.55 Å². The molecule has 0 bridgehead atoms. The van der Waals surface area contributed by atoms with Crippen molar-refractivity contribution in [2.45, 2.75) is 18.1 Å². The van der Waals surface area contributed by atoms with Crippen molar-refractivity contribution in [1.29, 1.82) is 0 Å². The van der Waals surface area contributed by atoms with Gasteiger partial charge in [0.05, 0.1) is 0 Å². The zero-order valence-electron chi connectivity index (χ0n) is 9.53. The molecule has 0 aliphatic heterocycles. The molecule has 0 aliphatic carbocycles. The van der Waals surface area contributed by atoms with Gasteiger partial charge < -0.3 is 9.47 Å². The van der Waals surface area contributed by atoms with Crippen molar-refractivity contribution in [1.82, 2.24) is 0 Å². The molecule has 11 heteroatoms. The molecule has 6 nitrogen and oxygen atoms in total. The lowest BCUT2D eigenvalue weighted by atomic mass is 10.4. The maximum Gasteiger partial charge on any atom is 0.433 e. The van der Waals surface area contributed by atoms with E-state index in [0.29, 0.717) is 0 Å². The second kappa shape index (κ2) is 5.84. The molecule has 0 aromatic heterocycles. The smallest absolute Gasteiger partial charge is 0.433 e. The Bertz CT molecular complexity index is 458. The van der Waals surface area contributed by atoms with E-state index >= 15 is 0 Å². The van der Waals surface area contributed by atoms with Crippen LogP contribution >= 0.6 is 0 Å². The van der Waals surface area contributed by atoms with E-state index in [9.17, 15) is 30.8 Å². The SMILES string of the molecule is C=C(C)C(=O)OCOCC(F)(F)C(F)(F)S(=O)(=O)O. The van der Waals surface area contributed by atoms with E-state index in [-0.39, 0.29) is 5.57 Å². The molecule has 0 aromatic rings. The fourth-order valence-electron chi connectivity index (χ4n) is 0.661. The molecule has 19 heavy (non-hydrogen) atoms. The first-order chi connectivity index (χ1) is 8.33. The van der Waals surface area contributed by atoms with Crippen LogP contribution in [-0.2, 0) is 24.4 Å². The van der Waals surface area contributed by atoms with E-state index < -0.39 is 40.7 Å². The topological polar surface area (TPSA) is 89.9 Å². The van der Waals surface area contributed by atoms with Crippen LogP contribution < -0.4 is 0 Å². The van der Waals surface area contributed by atoms with Gasteiger partial charge in [0, 0.05) is 5.57 Å². The molecule has 0 aromatic carbocycles. The predicted molar refractivity (Wildman–Crippen MR) is 53.2 cm³/mol. The first kappa shape index (κ1) is 17.8. The van der Waals surface area contributed by atoms with Gasteiger partial charge in [0.1, 0.15) is 6.61 Å². The van der Waals surface area contributed by atoms with Crippen LogP contribution in [0.2, 0.25) is 0 Å². The third-order valence-electron chi connectivity index (χ3n) is 1.65. The number of ether oxygens (including phenoxy) is 2. The molecular formula is C8H10F4O6S. The molecule has 0 heterocycles. The van der Waals surface area contributed by atoms with Gasteiger partial charge in [-0.25, -0.2) is 4.79 Å². The number of carbonyl (C=O) groups is 1. The van der Waals surface area contributed by atoms with E-state index in [1.165, 1.54) is 6.92 Å². The second-order valence-electron chi connectivity index (χ2n) is 3.37. The Balaban J connectivity index is 4.49. The van der Waals surface area contributed by atoms with Crippen molar-refractivity contribution in [3.8, 4) is 0 Å². The first-order valence-electron chi connectivity index (χ1n) is 4.46. The number of alkyl halides is 4. The molecule has 0 rings (SSSR count). The van der Waals surface area contributed by atoms with Gasteiger partial charge >= 0.3 is 27.3 Å².